The Labute approximate surface area is 188 Å². The molecule has 168 valence electrons. The van der Waals surface area contributed by atoms with Crippen LogP contribution in [0.15, 0.2) is 71.8 Å². The summed E-state index contributed by atoms with van der Waals surface area (Å²) >= 11 is 0. The van der Waals surface area contributed by atoms with Crippen molar-refractivity contribution in [3.8, 4) is 5.75 Å². The topological polar surface area (TPSA) is 88.1 Å². The summed E-state index contributed by atoms with van der Waals surface area (Å²) in [4.78, 5) is 12.4. The van der Waals surface area contributed by atoms with Gasteiger partial charge in [0.05, 0.1) is 24.8 Å². The molecule has 0 atom stereocenters. The van der Waals surface area contributed by atoms with Crippen LogP contribution in [0.5, 0.6) is 5.75 Å². The smallest absolute Gasteiger partial charge is 0.260 e. The lowest BCUT2D eigenvalue weighted by molar-refractivity contribution is -0.119. The number of fused-ring (bicyclic) bond motifs is 1. The monoisotopic (exact) mass is 453 g/mol. The van der Waals surface area contributed by atoms with Crippen LogP contribution in [0.1, 0.15) is 25.3 Å². The Hall–Kier alpha value is -3.39. The molecule has 0 radical (unpaired) electrons. The van der Waals surface area contributed by atoms with Gasteiger partial charge >= 0.3 is 0 Å². The van der Waals surface area contributed by atoms with Crippen molar-refractivity contribution in [2.45, 2.75) is 19.8 Å². The molecule has 0 fully saturated rings. The Morgan fingerprint density at radius 3 is 2.50 bits per heavy atom. The second-order valence-electron chi connectivity index (χ2n) is 7.33. The van der Waals surface area contributed by atoms with Gasteiger partial charge in [0.1, 0.15) is 12.3 Å². The molecule has 0 saturated carbocycles. The minimum Gasteiger partial charge on any atom is -0.494 e. The third kappa shape index (κ3) is 6.31. The van der Waals surface area contributed by atoms with Gasteiger partial charge in [-0.3, -0.25) is 9.10 Å². The highest BCUT2D eigenvalue weighted by molar-refractivity contribution is 7.92. The highest BCUT2D eigenvalue weighted by Gasteiger charge is 2.22. The standard InChI is InChI=1S/C24H27N3O4S/c1-3-4-16-31-21-14-12-19(13-15-21)17-25-26-24(28)18-27(32(2,29)30)23-11-7-9-20-8-5-6-10-22(20)23/h5-15,17H,3-4,16,18H2,1-2H3,(H,26,28)/b25-17-. The number of nitrogens with one attached hydrogen (secondary N) is 1. The lowest BCUT2D eigenvalue weighted by atomic mass is 10.1. The zero-order chi connectivity index (χ0) is 23.0. The van der Waals surface area contributed by atoms with Crippen molar-refractivity contribution in [3.63, 3.8) is 0 Å². The van der Waals surface area contributed by atoms with Crippen LogP contribution in [0.4, 0.5) is 5.69 Å². The molecular weight excluding hydrogens is 426 g/mol. The number of rotatable bonds is 10. The van der Waals surface area contributed by atoms with E-state index < -0.39 is 15.9 Å². The summed E-state index contributed by atoms with van der Waals surface area (Å²) in [5.41, 5.74) is 3.63. The fraction of sp³-hybridized carbons (Fsp3) is 0.250. The molecule has 0 heterocycles. The maximum Gasteiger partial charge on any atom is 0.260 e. The Morgan fingerprint density at radius 1 is 1.06 bits per heavy atom. The first-order valence-electron chi connectivity index (χ1n) is 10.4. The van der Waals surface area contributed by atoms with Gasteiger partial charge in [0.25, 0.3) is 5.91 Å². The van der Waals surface area contributed by atoms with Crippen molar-refractivity contribution in [3.05, 3.63) is 72.3 Å². The molecule has 0 bridgehead atoms. The number of unbranched alkanes of at least 4 members (excludes halogenated alkanes) is 1. The van der Waals surface area contributed by atoms with Crippen LogP contribution in [0.2, 0.25) is 0 Å². The lowest BCUT2D eigenvalue weighted by Crippen LogP contribution is -2.39. The first kappa shape index (κ1) is 23.3. The number of hydrogen-bond acceptors (Lipinski definition) is 5. The molecule has 0 unspecified atom stereocenters. The van der Waals surface area contributed by atoms with E-state index in [0.717, 1.165) is 45.5 Å². The van der Waals surface area contributed by atoms with E-state index in [2.05, 4.69) is 17.5 Å². The molecule has 1 amide bonds. The predicted octanol–water partition coefficient (Wildman–Crippen LogP) is 3.94. The highest BCUT2D eigenvalue weighted by atomic mass is 32.2. The quantitative estimate of drug-likeness (QED) is 0.286. The summed E-state index contributed by atoms with van der Waals surface area (Å²) < 4.78 is 31.6. The Bertz CT molecular complexity index is 1190. The minimum absolute atomic E-state index is 0.381. The molecule has 0 spiro atoms. The molecule has 0 saturated heterocycles. The largest absolute Gasteiger partial charge is 0.494 e. The van der Waals surface area contributed by atoms with Crippen molar-refractivity contribution in [2.24, 2.45) is 5.10 Å². The Balaban J connectivity index is 1.66. The number of carbonyl (C=O) groups excluding carboxylic acids is 1. The molecule has 0 aliphatic heterocycles. The summed E-state index contributed by atoms with van der Waals surface area (Å²) in [6.45, 7) is 2.40. The van der Waals surface area contributed by atoms with Crippen LogP contribution in [0.25, 0.3) is 10.8 Å². The molecule has 3 rings (SSSR count). The number of hydrogen-bond donors (Lipinski definition) is 1. The second kappa shape index (κ2) is 10.8. The normalized spacial score (nSPS) is 11.6. The van der Waals surface area contributed by atoms with Crippen LogP contribution >= 0.6 is 0 Å². The van der Waals surface area contributed by atoms with Crippen molar-refractivity contribution in [2.75, 3.05) is 23.7 Å². The van der Waals surface area contributed by atoms with Crippen LogP contribution in [-0.2, 0) is 14.8 Å². The third-order valence-corrected chi connectivity index (χ3v) is 5.90. The van der Waals surface area contributed by atoms with Gasteiger partial charge < -0.3 is 4.74 Å². The number of carbonyl (C=O) groups is 1. The van der Waals surface area contributed by atoms with Gasteiger partial charge in [-0.2, -0.15) is 5.10 Å². The molecular formula is C24H27N3O4S. The molecule has 0 aliphatic carbocycles. The maximum absolute atomic E-state index is 12.4. The first-order valence-corrected chi connectivity index (χ1v) is 12.2. The number of anilines is 1. The van der Waals surface area contributed by atoms with E-state index in [-0.39, 0.29) is 6.54 Å². The molecule has 7 nitrogen and oxygen atoms in total. The third-order valence-electron chi connectivity index (χ3n) is 4.77. The van der Waals surface area contributed by atoms with Gasteiger partial charge in [-0.15, -0.1) is 0 Å². The van der Waals surface area contributed by atoms with Crippen LogP contribution in [0.3, 0.4) is 0 Å². The van der Waals surface area contributed by atoms with E-state index >= 15 is 0 Å². The summed E-state index contributed by atoms with van der Waals surface area (Å²) in [5.74, 6) is 0.234. The van der Waals surface area contributed by atoms with Gasteiger partial charge in [-0.1, -0.05) is 49.7 Å². The average molecular weight is 454 g/mol. The van der Waals surface area contributed by atoms with E-state index in [1.54, 1.807) is 12.1 Å². The first-order chi connectivity index (χ1) is 15.4. The van der Waals surface area contributed by atoms with Gasteiger partial charge in [-0.25, -0.2) is 13.8 Å². The van der Waals surface area contributed by atoms with Crippen molar-refractivity contribution in [1.29, 1.82) is 0 Å². The highest BCUT2D eigenvalue weighted by Crippen LogP contribution is 2.28. The van der Waals surface area contributed by atoms with Crippen LogP contribution in [-0.4, -0.2) is 39.9 Å². The second-order valence-corrected chi connectivity index (χ2v) is 9.24. The maximum atomic E-state index is 12.4. The van der Waals surface area contributed by atoms with Crippen molar-refractivity contribution in [1.82, 2.24) is 5.43 Å². The molecule has 0 aromatic heterocycles. The van der Waals surface area contributed by atoms with E-state index in [0.29, 0.717) is 12.3 Å². The van der Waals surface area contributed by atoms with Crippen LogP contribution in [0, 0.1) is 0 Å². The number of ether oxygens (including phenoxy) is 1. The van der Waals surface area contributed by atoms with E-state index in [1.165, 1.54) is 6.21 Å². The van der Waals surface area contributed by atoms with Gasteiger partial charge in [0.2, 0.25) is 10.0 Å². The SMILES string of the molecule is CCCCOc1ccc(/C=N\NC(=O)CN(c2cccc3ccccc23)S(C)(=O)=O)cc1. The van der Waals surface area contributed by atoms with E-state index in [9.17, 15) is 13.2 Å². The minimum atomic E-state index is -3.69. The molecule has 3 aromatic rings. The predicted molar refractivity (Wildman–Crippen MR) is 129 cm³/mol. The van der Waals surface area contributed by atoms with Gasteiger partial charge in [0, 0.05) is 5.39 Å². The summed E-state index contributed by atoms with van der Waals surface area (Å²) in [7, 11) is -3.69. The summed E-state index contributed by atoms with van der Waals surface area (Å²) in [5, 5.41) is 5.59. The molecule has 0 aliphatic rings. The zero-order valence-corrected chi connectivity index (χ0v) is 19.0. The van der Waals surface area contributed by atoms with Crippen LogP contribution < -0.4 is 14.5 Å². The fourth-order valence-electron chi connectivity index (χ4n) is 3.14. The van der Waals surface area contributed by atoms with E-state index in [4.69, 9.17) is 4.74 Å². The number of hydrazone groups is 1. The summed E-state index contributed by atoms with van der Waals surface area (Å²) in [6.07, 6.45) is 4.64. The number of benzene rings is 3. The molecule has 1 N–H and O–H groups in total. The Kier molecular flexibility index (Phi) is 7.83. The van der Waals surface area contributed by atoms with Crippen molar-refractivity contribution < 1.29 is 17.9 Å². The zero-order valence-electron chi connectivity index (χ0n) is 18.2. The van der Waals surface area contributed by atoms with Crippen molar-refractivity contribution >= 4 is 38.6 Å². The number of amides is 1. The molecule has 8 heteroatoms. The molecule has 3 aromatic carbocycles. The number of sulfonamides is 1. The molecule has 32 heavy (non-hydrogen) atoms. The summed E-state index contributed by atoms with van der Waals surface area (Å²) in [6, 6.07) is 20.1. The van der Waals surface area contributed by atoms with Gasteiger partial charge in [0.15, 0.2) is 0 Å². The Morgan fingerprint density at radius 2 is 1.78 bits per heavy atom. The lowest BCUT2D eigenvalue weighted by Gasteiger charge is -2.23. The number of nitrogens with zero attached hydrogens (tertiary/aromatic N) is 2. The average Bonchev–Trinajstić information content (AvgIpc) is 2.78. The van der Waals surface area contributed by atoms with E-state index in [1.807, 2.05) is 54.6 Å². The fourth-order valence-corrected chi connectivity index (χ4v) is 4.00. The van der Waals surface area contributed by atoms with Gasteiger partial charge in [-0.05, 0) is 47.7 Å².